The van der Waals surface area contributed by atoms with E-state index in [1.807, 2.05) is 0 Å². The summed E-state index contributed by atoms with van der Waals surface area (Å²) in [5.41, 5.74) is 1.08. The van der Waals surface area contributed by atoms with E-state index in [1.54, 1.807) is 25.2 Å². The third-order valence-corrected chi connectivity index (χ3v) is 3.40. The molecule has 0 aliphatic rings. The molecule has 3 rings (SSSR count). The zero-order valence-corrected chi connectivity index (χ0v) is 11.8. The molecule has 0 atom stereocenters. The van der Waals surface area contributed by atoms with Gasteiger partial charge in [0, 0.05) is 7.05 Å². The Morgan fingerprint density at radius 2 is 2.10 bits per heavy atom. The first-order valence-electron chi connectivity index (χ1n) is 5.70. The summed E-state index contributed by atoms with van der Waals surface area (Å²) >= 11 is 12.1. The molecule has 20 heavy (non-hydrogen) atoms. The largest absolute Gasteiger partial charge is 0.435 e. The van der Waals surface area contributed by atoms with Crippen LogP contribution in [0.3, 0.4) is 0 Å². The number of aromatic nitrogens is 4. The summed E-state index contributed by atoms with van der Waals surface area (Å²) in [4.78, 5) is 15.4. The number of ether oxygens (including phenoxy) is 1. The third kappa shape index (κ3) is 2.23. The zero-order valence-electron chi connectivity index (χ0n) is 10.3. The molecule has 0 radical (unpaired) electrons. The summed E-state index contributed by atoms with van der Waals surface area (Å²) in [5.74, 6) is 1.13. The van der Waals surface area contributed by atoms with Crippen molar-refractivity contribution in [1.29, 1.82) is 0 Å². The minimum Gasteiger partial charge on any atom is -0.435 e. The van der Waals surface area contributed by atoms with Crippen molar-refractivity contribution in [3.8, 4) is 11.6 Å². The van der Waals surface area contributed by atoms with Crippen LogP contribution in [0, 0.1) is 0 Å². The Hall–Kier alpha value is -2.05. The predicted molar refractivity (Wildman–Crippen MR) is 77.8 cm³/mol. The Kier molecular flexibility index (Phi) is 3.33. The van der Waals surface area contributed by atoms with Gasteiger partial charge in [-0.3, -0.25) is 0 Å². The van der Waals surface area contributed by atoms with Gasteiger partial charge < -0.3 is 15.0 Å². The van der Waals surface area contributed by atoms with Crippen LogP contribution in [0.15, 0.2) is 24.5 Å². The van der Waals surface area contributed by atoms with Crippen LogP contribution in [-0.2, 0) is 0 Å². The van der Waals surface area contributed by atoms with Crippen molar-refractivity contribution in [3.63, 3.8) is 0 Å². The quantitative estimate of drug-likeness (QED) is 0.774. The molecule has 6 nitrogen and oxygen atoms in total. The molecule has 0 fully saturated rings. The van der Waals surface area contributed by atoms with E-state index in [0.29, 0.717) is 38.8 Å². The fourth-order valence-electron chi connectivity index (χ4n) is 1.66. The standard InChI is InChI=1S/C12H9Cl2N5O/c1-15-12-18-10-9(16-5-17-10)11(19-12)20-7-4-2-3-6(13)8(7)14/h2-5H,1H3,(H2,15,16,17,18,19). The lowest BCUT2D eigenvalue weighted by Crippen LogP contribution is -1.99. The molecule has 3 aromatic rings. The number of rotatable bonds is 3. The van der Waals surface area contributed by atoms with Gasteiger partial charge in [0.25, 0.3) is 5.88 Å². The molecular formula is C12H9Cl2N5O. The fraction of sp³-hybridized carbons (Fsp3) is 0.0833. The van der Waals surface area contributed by atoms with E-state index < -0.39 is 0 Å². The summed E-state index contributed by atoms with van der Waals surface area (Å²) in [6, 6.07) is 5.13. The van der Waals surface area contributed by atoms with Gasteiger partial charge in [-0.2, -0.15) is 9.97 Å². The lowest BCUT2D eigenvalue weighted by atomic mass is 10.3. The maximum Gasteiger partial charge on any atom is 0.250 e. The molecular weight excluding hydrogens is 301 g/mol. The first-order chi connectivity index (χ1) is 9.69. The van der Waals surface area contributed by atoms with Crippen LogP contribution >= 0.6 is 23.2 Å². The second-order valence-corrected chi connectivity index (χ2v) is 4.64. The lowest BCUT2D eigenvalue weighted by molar-refractivity contribution is 0.468. The van der Waals surface area contributed by atoms with E-state index in [-0.39, 0.29) is 0 Å². The monoisotopic (exact) mass is 309 g/mol. The van der Waals surface area contributed by atoms with E-state index in [4.69, 9.17) is 27.9 Å². The molecule has 0 spiro atoms. The van der Waals surface area contributed by atoms with Crippen molar-refractivity contribution in [2.24, 2.45) is 0 Å². The van der Waals surface area contributed by atoms with Gasteiger partial charge in [0.15, 0.2) is 5.65 Å². The maximum atomic E-state index is 6.10. The third-order valence-electron chi connectivity index (χ3n) is 2.60. The Labute approximate surface area is 124 Å². The number of hydrogen-bond donors (Lipinski definition) is 2. The molecule has 0 saturated heterocycles. The van der Waals surface area contributed by atoms with E-state index in [2.05, 4.69) is 25.3 Å². The molecule has 2 N–H and O–H groups in total. The summed E-state index contributed by atoms with van der Waals surface area (Å²) in [5, 5.41) is 3.58. The van der Waals surface area contributed by atoms with Crippen molar-refractivity contribution in [1.82, 2.24) is 19.9 Å². The van der Waals surface area contributed by atoms with Crippen molar-refractivity contribution in [2.45, 2.75) is 0 Å². The van der Waals surface area contributed by atoms with Gasteiger partial charge in [0.05, 0.1) is 11.3 Å². The second kappa shape index (κ2) is 5.15. The van der Waals surface area contributed by atoms with Crippen LogP contribution in [0.25, 0.3) is 11.2 Å². The molecule has 0 amide bonds. The number of fused-ring (bicyclic) bond motifs is 1. The lowest BCUT2D eigenvalue weighted by Gasteiger charge is -2.09. The molecule has 0 bridgehead atoms. The summed E-state index contributed by atoms with van der Waals surface area (Å²) < 4.78 is 5.73. The van der Waals surface area contributed by atoms with Crippen molar-refractivity contribution in [2.75, 3.05) is 12.4 Å². The number of anilines is 1. The summed E-state index contributed by atoms with van der Waals surface area (Å²) in [7, 11) is 1.71. The van der Waals surface area contributed by atoms with E-state index in [9.17, 15) is 0 Å². The SMILES string of the molecule is CNc1nc(Oc2cccc(Cl)c2Cl)c2[nH]cnc2n1. The van der Waals surface area contributed by atoms with Crippen LogP contribution in [0.1, 0.15) is 0 Å². The number of aromatic amines is 1. The number of imidazole rings is 1. The number of hydrogen-bond acceptors (Lipinski definition) is 5. The van der Waals surface area contributed by atoms with Crippen LogP contribution in [0.4, 0.5) is 5.95 Å². The van der Waals surface area contributed by atoms with Gasteiger partial charge in [-0.15, -0.1) is 0 Å². The molecule has 1 aromatic carbocycles. The molecule has 102 valence electrons. The van der Waals surface area contributed by atoms with E-state index in [0.717, 1.165) is 0 Å². The topological polar surface area (TPSA) is 75.7 Å². The van der Waals surface area contributed by atoms with Gasteiger partial charge in [-0.05, 0) is 12.1 Å². The zero-order chi connectivity index (χ0) is 14.1. The molecule has 0 aliphatic carbocycles. The first-order valence-corrected chi connectivity index (χ1v) is 6.45. The van der Waals surface area contributed by atoms with Crippen LogP contribution in [0.5, 0.6) is 11.6 Å². The van der Waals surface area contributed by atoms with Crippen LogP contribution in [0.2, 0.25) is 10.0 Å². The second-order valence-electron chi connectivity index (χ2n) is 3.86. The van der Waals surface area contributed by atoms with Gasteiger partial charge in [-0.1, -0.05) is 29.3 Å². The number of halogens is 2. The van der Waals surface area contributed by atoms with Gasteiger partial charge in [-0.25, -0.2) is 4.98 Å². The maximum absolute atomic E-state index is 6.10. The molecule has 2 aromatic heterocycles. The highest BCUT2D eigenvalue weighted by Crippen LogP contribution is 2.35. The Morgan fingerprint density at radius 3 is 2.90 bits per heavy atom. The molecule has 0 unspecified atom stereocenters. The Morgan fingerprint density at radius 1 is 1.25 bits per heavy atom. The van der Waals surface area contributed by atoms with Crippen molar-refractivity contribution in [3.05, 3.63) is 34.6 Å². The Balaban J connectivity index is 2.10. The summed E-state index contributed by atoms with van der Waals surface area (Å²) in [6.45, 7) is 0. The van der Waals surface area contributed by atoms with Crippen LogP contribution < -0.4 is 10.1 Å². The molecule has 8 heteroatoms. The molecule has 2 heterocycles. The fourth-order valence-corrected chi connectivity index (χ4v) is 1.99. The number of benzene rings is 1. The van der Waals surface area contributed by atoms with Crippen molar-refractivity contribution >= 4 is 40.3 Å². The smallest absolute Gasteiger partial charge is 0.250 e. The first kappa shape index (κ1) is 13.0. The number of H-pyrrole nitrogens is 1. The van der Waals surface area contributed by atoms with E-state index in [1.165, 1.54) is 6.33 Å². The minimum atomic E-state index is 0.320. The molecule has 0 aliphatic heterocycles. The highest BCUT2D eigenvalue weighted by molar-refractivity contribution is 6.42. The van der Waals surface area contributed by atoms with Crippen molar-refractivity contribution < 1.29 is 4.74 Å². The normalized spacial score (nSPS) is 10.8. The summed E-state index contributed by atoms with van der Waals surface area (Å²) in [6.07, 6.45) is 1.52. The highest BCUT2D eigenvalue weighted by atomic mass is 35.5. The Bertz CT molecular complexity index is 774. The van der Waals surface area contributed by atoms with Gasteiger partial charge in [0.2, 0.25) is 5.95 Å². The average Bonchev–Trinajstić information content (AvgIpc) is 2.92. The van der Waals surface area contributed by atoms with Crippen LogP contribution in [-0.4, -0.2) is 27.0 Å². The minimum absolute atomic E-state index is 0.320. The van der Waals surface area contributed by atoms with Gasteiger partial charge in [0.1, 0.15) is 16.3 Å². The highest BCUT2D eigenvalue weighted by Gasteiger charge is 2.14. The van der Waals surface area contributed by atoms with E-state index >= 15 is 0 Å². The predicted octanol–water partition coefficient (Wildman–Crippen LogP) is 3.49. The molecule has 0 saturated carbocycles. The number of nitrogens with zero attached hydrogens (tertiary/aromatic N) is 3. The number of nitrogens with one attached hydrogen (secondary N) is 2. The van der Waals surface area contributed by atoms with Gasteiger partial charge >= 0.3 is 0 Å². The average molecular weight is 310 g/mol.